The first kappa shape index (κ1) is 22.3. The fourth-order valence-electron chi connectivity index (χ4n) is 2.53. The van der Waals surface area contributed by atoms with Gasteiger partial charge in [-0.3, -0.25) is 4.79 Å². The molecule has 0 aliphatic heterocycles. The molecular weight excluding hydrogens is 388 g/mol. The van der Waals surface area contributed by atoms with Gasteiger partial charge in [-0.25, -0.2) is 5.43 Å². The molecule has 0 saturated heterocycles. The minimum atomic E-state index is -0.299. The molecule has 0 saturated carbocycles. The smallest absolute Gasteiger partial charge is 0.271 e. The van der Waals surface area contributed by atoms with Crippen molar-refractivity contribution in [1.29, 1.82) is 0 Å². The summed E-state index contributed by atoms with van der Waals surface area (Å²) in [6.45, 7) is 8.73. The van der Waals surface area contributed by atoms with Crippen LogP contribution in [0.3, 0.4) is 0 Å². The molecule has 0 spiro atoms. The van der Waals surface area contributed by atoms with E-state index in [0.29, 0.717) is 34.3 Å². The highest BCUT2D eigenvalue weighted by molar-refractivity contribution is 6.32. The van der Waals surface area contributed by atoms with Crippen LogP contribution in [-0.4, -0.2) is 25.3 Å². The molecule has 29 heavy (non-hydrogen) atoms. The summed E-state index contributed by atoms with van der Waals surface area (Å²) in [4.78, 5) is 12.3. The van der Waals surface area contributed by atoms with Gasteiger partial charge in [-0.05, 0) is 47.7 Å². The molecule has 0 aliphatic rings. The first-order valence-corrected chi connectivity index (χ1v) is 9.60. The SMILES string of the molecule is C#CCOc1c(Cl)cc(/C=N\NC(=O)c2ccc(C(C)(C)C)cc2)cc1OCC. The largest absolute Gasteiger partial charge is 0.490 e. The van der Waals surface area contributed by atoms with Gasteiger partial charge >= 0.3 is 0 Å². The van der Waals surface area contributed by atoms with Crippen molar-refractivity contribution in [2.45, 2.75) is 33.1 Å². The zero-order valence-corrected chi connectivity index (χ0v) is 17.8. The number of amides is 1. The molecule has 1 amide bonds. The molecule has 152 valence electrons. The van der Waals surface area contributed by atoms with E-state index in [0.717, 1.165) is 5.56 Å². The lowest BCUT2D eigenvalue weighted by Crippen LogP contribution is -2.18. The lowest BCUT2D eigenvalue weighted by atomic mass is 9.87. The Hall–Kier alpha value is -2.97. The van der Waals surface area contributed by atoms with Crippen LogP contribution < -0.4 is 14.9 Å². The van der Waals surface area contributed by atoms with Gasteiger partial charge in [0.2, 0.25) is 0 Å². The fraction of sp³-hybridized carbons (Fsp3) is 0.304. The minimum absolute atomic E-state index is 0.0286. The average Bonchev–Trinajstić information content (AvgIpc) is 2.67. The minimum Gasteiger partial charge on any atom is -0.490 e. The predicted molar refractivity (Wildman–Crippen MR) is 117 cm³/mol. The Kier molecular flexibility index (Phi) is 7.69. The lowest BCUT2D eigenvalue weighted by Gasteiger charge is -2.18. The van der Waals surface area contributed by atoms with E-state index >= 15 is 0 Å². The van der Waals surface area contributed by atoms with Gasteiger partial charge in [-0.2, -0.15) is 5.10 Å². The van der Waals surface area contributed by atoms with Crippen LogP contribution in [0.25, 0.3) is 0 Å². The Balaban J connectivity index is 2.11. The number of terminal acetylenes is 1. The van der Waals surface area contributed by atoms with Crippen LogP contribution in [0, 0.1) is 12.3 Å². The van der Waals surface area contributed by atoms with Crippen molar-refractivity contribution in [1.82, 2.24) is 5.43 Å². The van der Waals surface area contributed by atoms with Crippen molar-refractivity contribution >= 4 is 23.7 Å². The number of carbonyl (C=O) groups is 1. The molecule has 0 unspecified atom stereocenters. The summed E-state index contributed by atoms with van der Waals surface area (Å²) in [7, 11) is 0. The van der Waals surface area contributed by atoms with Crippen molar-refractivity contribution in [3.63, 3.8) is 0 Å². The molecule has 1 N–H and O–H groups in total. The number of halogens is 1. The Morgan fingerprint density at radius 3 is 2.52 bits per heavy atom. The summed E-state index contributed by atoms with van der Waals surface area (Å²) < 4.78 is 11.0. The number of nitrogens with one attached hydrogen (secondary N) is 1. The second kappa shape index (κ2) is 9.99. The fourth-order valence-corrected chi connectivity index (χ4v) is 2.80. The molecule has 2 aromatic rings. The van der Waals surface area contributed by atoms with Crippen LogP contribution in [0.5, 0.6) is 11.5 Å². The van der Waals surface area contributed by atoms with Gasteiger partial charge in [-0.1, -0.05) is 50.4 Å². The summed E-state index contributed by atoms with van der Waals surface area (Å²) >= 11 is 6.27. The Morgan fingerprint density at radius 1 is 1.24 bits per heavy atom. The van der Waals surface area contributed by atoms with Crippen molar-refractivity contribution < 1.29 is 14.3 Å². The van der Waals surface area contributed by atoms with Crippen molar-refractivity contribution in [2.24, 2.45) is 5.10 Å². The highest BCUT2D eigenvalue weighted by atomic mass is 35.5. The molecule has 2 aromatic carbocycles. The van der Waals surface area contributed by atoms with Gasteiger partial charge in [0.1, 0.15) is 6.61 Å². The molecule has 0 bridgehead atoms. The molecule has 5 nitrogen and oxygen atoms in total. The van der Waals surface area contributed by atoms with E-state index in [1.165, 1.54) is 6.21 Å². The quantitative estimate of drug-likeness (QED) is 0.403. The van der Waals surface area contributed by atoms with Gasteiger partial charge in [-0.15, -0.1) is 6.42 Å². The van der Waals surface area contributed by atoms with E-state index < -0.39 is 0 Å². The maximum absolute atomic E-state index is 12.3. The molecule has 0 atom stereocenters. The third kappa shape index (κ3) is 6.27. The number of nitrogens with zero attached hydrogens (tertiary/aromatic N) is 1. The molecule has 0 aromatic heterocycles. The Bertz CT molecular complexity index is 923. The van der Waals surface area contributed by atoms with Crippen LogP contribution in [0.2, 0.25) is 5.02 Å². The maximum atomic E-state index is 12.3. The number of hydrazone groups is 1. The standard InChI is InChI=1S/C23H25ClN2O3/c1-6-12-29-21-19(24)13-16(14-20(21)28-7-2)15-25-26-22(27)17-8-10-18(11-9-17)23(3,4)5/h1,8-11,13-15H,7,12H2,2-5H3,(H,26,27)/b25-15-. The number of hydrogen-bond donors (Lipinski definition) is 1. The van der Waals surface area contributed by atoms with Crippen LogP contribution in [-0.2, 0) is 5.41 Å². The van der Waals surface area contributed by atoms with Crippen LogP contribution in [0.1, 0.15) is 49.2 Å². The van der Waals surface area contributed by atoms with E-state index in [9.17, 15) is 4.79 Å². The molecule has 6 heteroatoms. The second-order valence-electron chi connectivity index (χ2n) is 7.28. The summed E-state index contributed by atoms with van der Waals surface area (Å²) in [5.74, 6) is 2.93. The van der Waals surface area contributed by atoms with Gasteiger partial charge in [0.25, 0.3) is 5.91 Å². The third-order valence-electron chi connectivity index (χ3n) is 4.02. The van der Waals surface area contributed by atoms with E-state index in [4.69, 9.17) is 27.5 Å². The second-order valence-corrected chi connectivity index (χ2v) is 7.69. The van der Waals surface area contributed by atoms with Crippen molar-refractivity contribution in [2.75, 3.05) is 13.2 Å². The third-order valence-corrected chi connectivity index (χ3v) is 4.31. The van der Waals surface area contributed by atoms with Gasteiger partial charge < -0.3 is 9.47 Å². The van der Waals surface area contributed by atoms with Crippen LogP contribution >= 0.6 is 11.6 Å². The number of hydrogen-bond acceptors (Lipinski definition) is 4. The molecule has 2 rings (SSSR count). The summed E-state index contributed by atoms with van der Waals surface area (Å²) in [5.41, 5.74) is 4.88. The average molecular weight is 413 g/mol. The highest BCUT2D eigenvalue weighted by Crippen LogP contribution is 2.36. The van der Waals surface area contributed by atoms with Crippen molar-refractivity contribution in [3.8, 4) is 23.8 Å². The van der Waals surface area contributed by atoms with Crippen molar-refractivity contribution in [3.05, 3.63) is 58.1 Å². The van der Waals surface area contributed by atoms with E-state index in [1.54, 1.807) is 24.3 Å². The summed E-state index contributed by atoms with van der Waals surface area (Å²) in [6.07, 6.45) is 6.72. The monoisotopic (exact) mass is 412 g/mol. The predicted octanol–water partition coefficient (Wildman–Crippen LogP) is 4.81. The molecule has 0 radical (unpaired) electrons. The first-order valence-electron chi connectivity index (χ1n) is 9.22. The normalized spacial score (nSPS) is 11.2. The number of benzene rings is 2. The molecule has 0 aliphatic carbocycles. The van der Waals surface area contributed by atoms with E-state index in [2.05, 4.69) is 37.2 Å². The lowest BCUT2D eigenvalue weighted by molar-refractivity contribution is 0.0955. The number of ether oxygens (including phenoxy) is 2. The Labute approximate surface area is 177 Å². The number of rotatable bonds is 7. The molecular formula is C23H25ClN2O3. The zero-order chi connectivity index (χ0) is 21.4. The van der Waals surface area contributed by atoms with Gasteiger partial charge in [0, 0.05) is 5.56 Å². The zero-order valence-electron chi connectivity index (χ0n) is 17.1. The van der Waals surface area contributed by atoms with Crippen LogP contribution in [0.4, 0.5) is 0 Å². The molecule has 0 fully saturated rings. The van der Waals surface area contributed by atoms with E-state index in [-0.39, 0.29) is 17.9 Å². The van der Waals surface area contributed by atoms with Gasteiger partial charge in [0.05, 0.1) is 17.8 Å². The maximum Gasteiger partial charge on any atom is 0.271 e. The van der Waals surface area contributed by atoms with Crippen LogP contribution in [0.15, 0.2) is 41.5 Å². The van der Waals surface area contributed by atoms with E-state index in [1.807, 2.05) is 19.1 Å². The van der Waals surface area contributed by atoms with Gasteiger partial charge in [0.15, 0.2) is 11.5 Å². The topological polar surface area (TPSA) is 59.9 Å². The Morgan fingerprint density at radius 2 is 1.93 bits per heavy atom. The summed E-state index contributed by atoms with van der Waals surface area (Å²) in [6, 6.07) is 10.8. The highest BCUT2D eigenvalue weighted by Gasteiger charge is 2.14. The summed E-state index contributed by atoms with van der Waals surface area (Å²) in [5, 5.41) is 4.36. The molecule has 0 heterocycles. The first-order chi connectivity index (χ1) is 13.8. The number of carbonyl (C=O) groups excluding carboxylic acids is 1.